The molecule has 0 aromatic heterocycles. The van der Waals surface area contributed by atoms with E-state index in [2.05, 4.69) is 5.92 Å². The Kier molecular flexibility index (Phi) is 4.89. The van der Waals surface area contributed by atoms with E-state index in [0.717, 1.165) is 6.42 Å². The van der Waals surface area contributed by atoms with Crippen LogP contribution in [0.1, 0.15) is 23.7 Å². The molecular formula is C13H15NO3. The molecule has 0 unspecified atom stereocenters. The van der Waals surface area contributed by atoms with Crippen molar-refractivity contribution < 1.29 is 14.3 Å². The Balaban J connectivity index is 2.74. The van der Waals surface area contributed by atoms with Crippen LogP contribution in [-0.2, 0) is 4.74 Å². The van der Waals surface area contributed by atoms with Crippen molar-refractivity contribution in [1.29, 1.82) is 0 Å². The summed E-state index contributed by atoms with van der Waals surface area (Å²) >= 11 is 0. The maximum atomic E-state index is 11.5. The molecule has 2 N–H and O–H groups in total. The number of rotatable bonds is 5. The van der Waals surface area contributed by atoms with Crippen LogP contribution in [0.2, 0.25) is 0 Å². The molecule has 4 nitrogen and oxygen atoms in total. The highest BCUT2D eigenvalue weighted by Gasteiger charge is 2.09. The molecule has 1 aromatic rings. The third-order valence-corrected chi connectivity index (χ3v) is 1.99. The maximum absolute atomic E-state index is 11.5. The fourth-order valence-electron chi connectivity index (χ4n) is 1.21. The van der Waals surface area contributed by atoms with Gasteiger partial charge in [0.1, 0.15) is 5.75 Å². The van der Waals surface area contributed by atoms with Crippen molar-refractivity contribution in [2.24, 2.45) is 0 Å². The lowest BCUT2D eigenvalue weighted by Crippen LogP contribution is -2.07. The average molecular weight is 233 g/mol. The molecule has 0 spiro atoms. The Morgan fingerprint density at radius 3 is 2.88 bits per heavy atom. The second kappa shape index (κ2) is 6.44. The van der Waals surface area contributed by atoms with Crippen LogP contribution < -0.4 is 10.5 Å². The van der Waals surface area contributed by atoms with Gasteiger partial charge in [-0.15, -0.1) is 6.42 Å². The van der Waals surface area contributed by atoms with Crippen LogP contribution in [0.5, 0.6) is 5.75 Å². The molecule has 0 aliphatic carbocycles. The smallest absolute Gasteiger partial charge is 0.339 e. The zero-order valence-electron chi connectivity index (χ0n) is 9.73. The minimum Gasteiger partial charge on any atom is -0.491 e. The van der Waals surface area contributed by atoms with Crippen LogP contribution in [0.4, 0.5) is 5.69 Å². The van der Waals surface area contributed by atoms with Gasteiger partial charge in [-0.25, -0.2) is 4.79 Å². The van der Waals surface area contributed by atoms with Crippen molar-refractivity contribution in [3.8, 4) is 18.1 Å². The number of esters is 1. The number of anilines is 1. The molecule has 1 aromatic carbocycles. The third-order valence-electron chi connectivity index (χ3n) is 1.99. The van der Waals surface area contributed by atoms with E-state index in [1.807, 2.05) is 6.92 Å². The highest BCUT2D eigenvalue weighted by atomic mass is 16.5. The summed E-state index contributed by atoms with van der Waals surface area (Å²) in [6.45, 7) is 2.54. The molecule has 0 bridgehead atoms. The van der Waals surface area contributed by atoms with Crippen LogP contribution in [-0.4, -0.2) is 19.2 Å². The summed E-state index contributed by atoms with van der Waals surface area (Å²) in [4.78, 5) is 11.5. The van der Waals surface area contributed by atoms with E-state index in [0.29, 0.717) is 23.6 Å². The van der Waals surface area contributed by atoms with E-state index in [-0.39, 0.29) is 6.61 Å². The van der Waals surface area contributed by atoms with Gasteiger partial charge in [-0.2, -0.15) is 0 Å². The summed E-state index contributed by atoms with van der Waals surface area (Å²) in [6.07, 6.45) is 5.89. The van der Waals surface area contributed by atoms with E-state index < -0.39 is 5.97 Å². The summed E-state index contributed by atoms with van der Waals surface area (Å²) in [7, 11) is 0. The topological polar surface area (TPSA) is 61.5 Å². The number of hydrogen-bond donors (Lipinski definition) is 1. The van der Waals surface area contributed by atoms with Crippen molar-refractivity contribution in [2.45, 2.75) is 13.3 Å². The summed E-state index contributed by atoms with van der Waals surface area (Å²) in [5.74, 6) is 2.30. The van der Waals surface area contributed by atoms with Gasteiger partial charge >= 0.3 is 5.97 Å². The zero-order valence-corrected chi connectivity index (χ0v) is 9.73. The minimum absolute atomic E-state index is 0.0488. The van der Waals surface area contributed by atoms with Gasteiger partial charge in [-0.3, -0.25) is 0 Å². The first-order valence-electron chi connectivity index (χ1n) is 5.32. The number of carbonyl (C=O) groups excluding carboxylic acids is 1. The second-order valence-electron chi connectivity index (χ2n) is 3.38. The Labute approximate surface area is 101 Å². The number of ether oxygens (including phenoxy) is 2. The number of terminal acetylenes is 1. The second-order valence-corrected chi connectivity index (χ2v) is 3.38. The molecular weight excluding hydrogens is 218 g/mol. The minimum atomic E-state index is -0.489. The molecule has 0 saturated heterocycles. The molecule has 0 radical (unpaired) electrons. The first-order chi connectivity index (χ1) is 8.19. The highest BCUT2D eigenvalue weighted by molar-refractivity contribution is 5.91. The zero-order chi connectivity index (χ0) is 12.7. The van der Waals surface area contributed by atoms with E-state index >= 15 is 0 Å². The van der Waals surface area contributed by atoms with Gasteiger partial charge in [0, 0.05) is 0 Å². The number of carbonyl (C=O) groups is 1. The molecule has 4 heteroatoms. The van der Waals surface area contributed by atoms with E-state index in [1.165, 1.54) is 6.07 Å². The fourth-order valence-corrected chi connectivity index (χ4v) is 1.21. The Bertz CT molecular complexity index is 435. The average Bonchev–Trinajstić information content (AvgIpc) is 2.34. The predicted octanol–water partition coefficient (Wildman–Crippen LogP) is 1.85. The van der Waals surface area contributed by atoms with Crippen molar-refractivity contribution in [3.63, 3.8) is 0 Å². The molecule has 0 aliphatic rings. The SMILES string of the molecule is C#CCOC(=O)c1ccc(OCCC)c(N)c1. The predicted molar refractivity (Wildman–Crippen MR) is 65.8 cm³/mol. The van der Waals surface area contributed by atoms with Gasteiger partial charge < -0.3 is 15.2 Å². The monoisotopic (exact) mass is 233 g/mol. The number of benzene rings is 1. The van der Waals surface area contributed by atoms with Crippen molar-refractivity contribution in [3.05, 3.63) is 23.8 Å². The quantitative estimate of drug-likeness (QED) is 0.479. The summed E-state index contributed by atoms with van der Waals surface area (Å²) in [5, 5.41) is 0. The van der Waals surface area contributed by atoms with Crippen LogP contribution in [0.15, 0.2) is 18.2 Å². The third kappa shape index (κ3) is 3.72. The first-order valence-corrected chi connectivity index (χ1v) is 5.32. The summed E-state index contributed by atoms with van der Waals surface area (Å²) < 4.78 is 10.2. The van der Waals surface area contributed by atoms with Crippen LogP contribution in [0.3, 0.4) is 0 Å². The summed E-state index contributed by atoms with van der Waals surface area (Å²) in [5.41, 5.74) is 6.53. The Hall–Kier alpha value is -2.15. The van der Waals surface area contributed by atoms with Gasteiger partial charge in [0.2, 0.25) is 0 Å². The number of nitrogens with two attached hydrogens (primary N) is 1. The molecule has 1 rings (SSSR count). The Morgan fingerprint density at radius 2 is 2.29 bits per heavy atom. The van der Waals surface area contributed by atoms with Gasteiger partial charge in [0.15, 0.2) is 6.61 Å². The number of nitrogen functional groups attached to an aromatic ring is 1. The Morgan fingerprint density at radius 1 is 1.53 bits per heavy atom. The molecule has 0 heterocycles. The lowest BCUT2D eigenvalue weighted by atomic mass is 10.2. The van der Waals surface area contributed by atoms with E-state index in [1.54, 1.807) is 12.1 Å². The fraction of sp³-hybridized carbons (Fsp3) is 0.308. The lowest BCUT2D eigenvalue weighted by molar-refractivity contribution is 0.0557. The normalized spacial score (nSPS) is 9.41. The van der Waals surface area contributed by atoms with E-state index in [4.69, 9.17) is 21.6 Å². The standard InChI is InChI=1S/C13H15NO3/c1-3-7-16-12-6-5-10(9-11(12)14)13(15)17-8-4-2/h2,5-6,9H,3,7-8,14H2,1H3. The van der Waals surface area contributed by atoms with Crippen molar-refractivity contribution >= 4 is 11.7 Å². The first kappa shape index (κ1) is 12.9. The molecule has 0 atom stereocenters. The van der Waals surface area contributed by atoms with E-state index in [9.17, 15) is 4.79 Å². The highest BCUT2D eigenvalue weighted by Crippen LogP contribution is 2.23. The molecule has 90 valence electrons. The van der Waals surface area contributed by atoms with Crippen LogP contribution in [0.25, 0.3) is 0 Å². The van der Waals surface area contributed by atoms with Gasteiger partial charge in [0.05, 0.1) is 17.9 Å². The molecule has 0 amide bonds. The molecule has 17 heavy (non-hydrogen) atoms. The van der Waals surface area contributed by atoms with Gasteiger partial charge in [-0.1, -0.05) is 12.8 Å². The summed E-state index contributed by atoms with van der Waals surface area (Å²) in [6, 6.07) is 4.77. The van der Waals surface area contributed by atoms with Crippen LogP contribution in [0, 0.1) is 12.3 Å². The van der Waals surface area contributed by atoms with Crippen molar-refractivity contribution in [1.82, 2.24) is 0 Å². The maximum Gasteiger partial charge on any atom is 0.339 e. The van der Waals surface area contributed by atoms with Crippen molar-refractivity contribution in [2.75, 3.05) is 18.9 Å². The van der Waals surface area contributed by atoms with Crippen LogP contribution >= 0.6 is 0 Å². The number of hydrogen-bond acceptors (Lipinski definition) is 4. The lowest BCUT2D eigenvalue weighted by Gasteiger charge is -2.09. The van der Waals surface area contributed by atoms with Gasteiger partial charge in [0.25, 0.3) is 0 Å². The molecule has 0 aliphatic heterocycles. The molecule has 0 fully saturated rings. The molecule has 0 saturated carbocycles. The van der Waals surface area contributed by atoms with Gasteiger partial charge in [-0.05, 0) is 24.6 Å². The largest absolute Gasteiger partial charge is 0.491 e.